The molecule has 9 heteroatoms. The van der Waals surface area contributed by atoms with E-state index in [9.17, 15) is 14.7 Å². The van der Waals surface area contributed by atoms with Crippen molar-refractivity contribution in [2.75, 3.05) is 46.6 Å². The average molecular weight is 451 g/mol. The fourth-order valence-electron chi connectivity index (χ4n) is 3.47. The SMILES string of the molecule is COc1c(C)c2c(c(O)c1CC=C(C)CCC(=O)NCCOCCOCCN)C(=O)OC2. The number of fused-ring (bicyclic) bond motifs is 1. The van der Waals surface area contributed by atoms with E-state index in [4.69, 9.17) is 24.7 Å². The third-order valence-corrected chi connectivity index (χ3v) is 5.25. The number of nitrogens with one attached hydrogen (secondary N) is 1. The molecule has 1 aliphatic rings. The number of nitrogens with two attached hydrogens (primary N) is 1. The molecule has 0 saturated carbocycles. The number of benzene rings is 1. The summed E-state index contributed by atoms with van der Waals surface area (Å²) in [5.41, 5.74) is 8.53. The number of phenolic OH excluding ortho intramolecular Hbond substituents is 1. The molecule has 1 aromatic rings. The van der Waals surface area contributed by atoms with Crippen LogP contribution in [0.15, 0.2) is 11.6 Å². The van der Waals surface area contributed by atoms with Crippen molar-refractivity contribution in [1.82, 2.24) is 5.32 Å². The van der Waals surface area contributed by atoms with Crippen molar-refractivity contribution in [3.63, 3.8) is 0 Å². The van der Waals surface area contributed by atoms with Crippen molar-refractivity contribution in [1.29, 1.82) is 0 Å². The van der Waals surface area contributed by atoms with Gasteiger partial charge in [0.25, 0.3) is 0 Å². The van der Waals surface area contributed by atoms with Crippen LogP contribution in [-0.2, 0) is 32.0 Å². The van der Waals surface area contributed by atoms with Gasteiger partial charge in [0.1, 0.15) is 23.7 Å². The van der Waals surface area contributed by atoms with E-state index in [1.54, 1.807) is 0 Å². The molecule has 0 aliphatic carbocycles. The van der Waals surface area contributed by atoms with Crippen molar-refractivity contribution in [2.24, 2.45) is 5.73 Å². The lowest BCUT2D eigenvalue weighted by Crippen LogP contribution is -2.27. The number of carbonyl (C=O) groups is 2. The van der Waals surface area contributed by atoms with Gasteiger partial charge in [0, 0.05) is 30.6 Å². The summed E-state index contributed by atoms with van der Waals surface area (Å²) in [6.45, 7) is 6.73. The van der Waals surface area contributed by atoms with E-state index in [2.05, 4.69) is 5.32 Å². The van der Waals surface area contributed by atoms with Crippen molar-refractivity contribution >= 4 is 11.9 Å². The van der Waals surface area contributed by atoms with Crippen LogP contribution < -0.4 is 15.8 Å². The van der Waals surface area contributed by atoms with Crippen LogP contribution in [0.2, 0.25) is 0 Å². The normalized spacial score (nSPS) is 13.1. The summed E-state index contributed by atoms with van der Waals surface area (Å²) in [6, 6.07) is 0. The minimum Gasteiger partial charge on any atom is -0.507 e. The third kappa shape index (κ3) is 6.94. The molecule has 1 aliphatic heterocycles. The van der Waals surface area contributed by atoms with Crippen LogP contribution >= 0.6 is 0 Å². The molecule has 2 rings (SSSR count). The summed E-state index contributed by atoms with van der Waals surface area (Å²) in [5.74, 6) is -0.124. The van der Waals surface area contributed by atoms with E-state index in [1.165, 1.54) is 7.11 Å². The molecule has 1 amide bonds. The van der Waals surface area contributed by atoms with Gasteiger partial charge >= 0.3 is 5.97 Å². The van der Waals surface area contributed by atoms with Crippen LogP contribution in [0.1, 0.15) is 46.8 Å². The first-order chi connectivity index (χ1) is 15.4. The van der Waals surface area contributed by atoms with E-state index in [1.807, 2.05) is 19.9 Å². The molecule has 0 saturated heterocycles. The summed E-state index contributed by atoms with van der Waals surface area (Å²) in [7, 11) is 1.53. The molecule has 0 bridgehead atoms. The number of aromatic hydroxyl groups is 1. The van der Waals surface area contributed by atoms with Gasteiger partial charge in [0.2, 0.25) is 5.91 Å². The summed E-state index contributed by atoms with van der Waals surface area (Å²) in [5, 5.41) is 13.5. The van der Waals surface area contributed by atoms with Gasteiger partial charge in [-0.25, -0.2) is 4.79 Å². The lowest BCUT2D eigenvalue weighted by atomic mass is 9.94. The highest BCUT2D eigenvalue weighted by Gasteiger charge is 2.31. The largest absolute Gasteiger partial charge is 0.507 e. The second-order valence-electron chi connectivity index (χ2n) is 7.53. The Morgan fingerprint density at radius 1 is 1.22 bits per heavy atom. The van der Waals surface area contributed by atoms with Crippen LogP contribution in [0, 0.1) is 6.92 Å². The van der Waals surface area contributed by atoms with E-state index in [0.717, 1.165) is 11.1 Å². The number of ether oxygens (including phenoxy) is 4. The maximum atomic E-state index is 12.0. The predicted octanol–water partition coefficient (Wildman–Crippen LogP) is 1.76. The lowest BCUT2D eigenvalue weighted by molar-refractivity contribution is -0.121. The Kier molecular flexibility index (Phi) is 10.5. The van der Waals surface area contributed by atoms with Crippen molar-refractivity contribution in [3.05, 3.63) is 33.9 Å². The molecule has 0 atom stereocenters. The standard InChI is InChI=1S/C23H34N2O7/c1-15(5-7-19(26)25-9-11-31-13-12-30-10-8-24)4-6-17-21(27)20-18(14-32-23(20)28)16(2)22(17)29-3/h4,27H,5-14,24H2,1-3H3,(H,25,26). The smallest absolute Gasteiger partial charge is 0.342 e. The average Bonchev–Trinajstić information content (AvgIpc) is 3.17. The molecule has 178 valence electrons. The second kappa shape index (κ2) is 13.0. The van der Waals surface area contributed by atoms with Crippen molar-refractivity contribution < 1.29 is 33.6 Å². The first kappa shape index (κ1) is 25.6. The highest BCUT2D eigenvalue weighted by Crippen LogP contribution is 2.42. The quantitative estimate of drug-likeness (QED) is 0.222. The molecule has 4 N–H and O–H groups in total. The zero-order valence-electron chi connectivity index (χ0n) is 19.1. The van der Waals surface area contributed by atoms with Crippen molar-refractivity contribution in [3.8, 4) is 11.5 Å². The Labute approximate surface area is 188 Å². The number of amides is 1. The van der Waals surface area contributed by atoms with Gasteiger partial charge in [-0.1, -0.05) is 11.6 Å². The number of rotatable bonds is 14. The lowest BCUT2D eigenvalue weighted by Gasteiger charge is -2.15. The number of methoxy groups -OCH3 is 1. The van der Waals surface area contributed by atoms with E-state index in [-0.39, 0.29) is 23.8 Å². The molecule has 0 fully saturated rings. The van der Waals surface area contributed by atoms with Crippen LogP contribution in [0.25, 0.3) is 0 Å². The number of esters is 1. The summed E-state index contributed by atoms with van der Waals surface area (Å²) < 4.78 is 21.1. The molecule has 0 aromatic heterocycles. The molecule has 0 unspecified atom stereocenters. The highest BCUT2D eigenvalue weighted by atomic mass is 16.5. The summed E-state index contributed by atoms with van der Waals surface area (Å²) in [4.78, 5) is 24.0. The topological polar surface area (TPSA) is 129 Å². The predicted molar refractivity (Wildman–Crippen MR) is 119 cm³/mol. The Morgan fingerprint density at radius 3 is 2.62 bits per heavy atom. The van der Waals surface area contributed by atoms with Gasteiger partial charge < -0.3 is 35.1 Å². The van der Waals surface area contributed by atoms with Gasteiger partial charge in [-0.2, -0.15) is 0 Å². The van der Waals surface area contributed by atoms with Gasteiger partial charge in [0.15, 0.2) is 0 Å². The van der Waals surface area contributed by atoms with Crippen LogP contribution in [0.4, 0.5) is 0 Å². The molecular formula is C23H34N2O7. The Morgan fingerprint density at radius 2 is 1.94 bits per heavy atom. The van der Waals surface area contributed by atoms with Crippen LogP contribution in [-0.4, -0.2) is 63.6 Å². The molecule has 32 heavy (non-hydrogen) atoms. The molecular weight excluding hydrogens is 416 g/mol. The zero-order chi connectivity index (χ0) is 23.5. The van der Waals surface area contributed by atoms with Crippen LogP contribution in [0.3, 0.4) is 0 Å². The Balaban J connectivity index is 1.81. The number of hydrogen-bond acceptors (Lipinski definition) is 8. The third-order valence-electron chi connectivity index (χ3n) is 5.25. The Hall–Kier alpha value is -2.62. The van der Waals surface area contributed by atoms with E-state index >= 15 is 0 Å². The van der Waals surface area contributed by atoms with Crippen LogP contribution in [0.5, 0.6) is 11.5 Å². The minimum absolute atomic E-state index is 0.0581. The van der Waals surface area contributed by atoms with Gasteiger partial charge in [-0.3, -0.25) is 4.79 Å². The maximum Gasteiger partial charge on any atom is 0.342 e. The van der Waals surface area contributed by atoms with Crippen molar-refractivity contribution in [2.45, 2.75) is 39.7 Å². The molecule has 0 spiro atoms. The molecule has 1 heterocycles. The number of allylic oxidation sites excluding steroid dienone is 2. The fourth-order valence-corrected chi connectivity index (χ4v) is 3.47. The fraction of sp³-hybridized carbons (Fsp3) is 0.565. The zero-order valence-corrected chi connectivity index (χ0v) is 19.1. The monoisotopic (exact) mass is 450 g/mol. The summed E-state index contributed by atoms with van der Waals surface area (Å²) >= 11 is 0. The van der Waals surface area contributed by atoms with E-state index in [0.29, 0.717) is 75.7 Å². The van der Waals surface area contributed by atoms with Gasteiger partial charge in [-0.05, 0) is 32.3 Å². The Bertz CT molecular complexity index is 836. The molecule has 0 radical (unpaired) electrons. The number of carbonyl (C=O) groups excluding carboxylic acids is 2. The minimum atomic E-state index is -0.519. The van der Waals surface area contributed by atoms with Gasteiger partial charge in [0.05, 0.1) is 33.5 Å². The first-order valence-electron chi connectivity index (χ1n) is 10.8. The maximum absolute atomic E-state index is 12.0. The van der Waals surface area contributed by atoms with E-state index < -0.39 is 5.97 Å². The number of hydrogen-bond donors (Lipinski definition) is 3. The second-order valence-corrected chi connectivity index (χ2v) is 7.53. The molecule has 9 nitrogen and oxygen atoms in total. The highest BCUT2D eigenvalue weighted by molar-refractivity contribution is 5.98. The van der Waals surface area contributed by atoms with Gasteiger partial charge in [-0.15, -0.1) is 0 Å². The number of cyclic esters (lactones) is 1. The first-order valence-corrected chi connectivity index (χ1v) is 10.8. The number of phenols is 1. The summed E-state index contributed by atoms with van der Waals surface area (Å²) in [6.07, 6.45) is 3.24. The molecule has 1 aromatic carbocycles.